The van der Waals surface area contributed by atoms with Gasteiger partial charge in [-0.3, -0.25) is 4.79 Å². The van der Waals surface area contributed by atoms with Crippen molar-refractivity contribution in [3.63, 3.8) is 0 Å². The van der Waals surface area contributed by atoms with Crippen molar-refractivity contribution >= 4 is 38.9 Å². The standard InChI is InChI=1S/C28H39BrN2O4/c1-17(2)8-5-9-18(3)10-6-11-19(4)14-15-31-21-16-23(33)24(29)27(34)26(21)30-25-20(28(31)35)12-7-13-22(25)32/h7,12-13,16-19,30,32-34H,5-6,8-11,14-15H2,1-4H3. The highest BCUT2D eigenvalue weighted by Crippen LogP contribution is 2.50. The molecule has 4 N–H and O–H groups in total. The van der Waals surface area contributed by atoms with Crippen LogP contribution in [0, 0.1) is 17.8 Å². The Labute approximate surface area is 217 Å². The molecule has 2 aromatic rings. The Morgan fingerprint density at radius 3 is 2.17 bits per heavy atom. The van der Waals surface area contributed by atoms with Crippen molar-refractivity contribution in [2.75, 3.05) is 16.8 Å². The van der Waals surface area contributed by atoms with Gasteiger partial charge in [-0.1, -0.05) is 72.3 Å². The van der Waals surface area contributed by atoms with Gasteiger partial charge in [-0.15, -0.1) is 0 Å². The first-order valence-corrected chi connectivity index (χ1v) is 13.5. The first kappa shape index (κ1) is 27.2. The molecule has 0 spiro atoms. The number of aromatic hydroxyl groups is 3. The molecule has 7 heteroatoms. The van der Waals surface area contributed by atoms with E-state index in [0.29, 0.717) is 23.7 Å². The van der Waals surface area contributed by atoms with Crippen LogP contribution >= 0.6 is 15.9 Å². The van der Waals surface area contributed by atoms with E-state index < -0.39 is 0 Å². The maximum Gasteiger partial charge on any atom is 0.260 e. The van der Waals surface area contributed by atoms with E-state index in [1.54, 1.807) is 17.0 Å². The van der Waals surface area contributed by atoms with Crippen LogP contribution in [-0.2, 0) is 0 Å². The number of benzene rings is 2. The van der Waals surface area contributed by atoms with Gasteiger partial charge in [0.15, 0.2) is 5.75 Å². The van der Waals surface area contributed by atoms with Gasteiger partial charge >= 0.3 is 0 Å². The monoisotopic (exact) mass is 546 g/mol. The van der Waals surface area contributed by atoms with Crippen LogP contribution in [0.1, 0.15) is 83.0 Å². The van der Waals surface area contributed by atoms with Crippen molar-refractivity contribution < 1.29 is 20.1 Å². The molecule has 1 heterocycles. The number of phenolic OH excluding ortho intramolecular Hbond substituents is 3. The minimum absolute atomic E-state index is 0.0804. The molecular formula is C28H39BrN2O4. The summed E-state index contributed by atoms with van der Waals surface area (Å²) in [6.07, 6.45) is 8.15. The molecule has 0 bridgehead atoms. The summed E-state index contributed by atoms with van der Waals surface area (Å²) in [6, 6.07) is 6.24. The molecule has 6 nitrogen and oxygen atoms in total. The summed E-state index contributed by atoms with van der Waals surface area (Å²) in [7, 11) is 0. The van der Waals surface area contributed by atoms with E-state index in [0.717, 1.165) is 24.7 Å². The van der Waals surface area contributed by atoms with Crippen molar-refractivity contribution in [2.24, 2.45) is 17.8 Å². The second-order valence-electron chi connectivity index (χ2n) is 10.5. The molecule has 2 aromatic carbocycles. The second-order valence-corrected chi connectivity index (χ2v) is 11.3. The highest BCUT2D eigenvalue weighted by Gasteiger charge is 2.31. The van der Waals surface area contributed by atoms with Gasteiger partial charge in [0.1, 0.15) is 21.7 Å². The van der Waals surface area contributed by atoms with Crippen molar-refractivity contribution in [1.82, 2.24) is 0 Å². The Hall–Kier alpha value is -2.41. The van der Waals surface area contributed by atoms with Crippen molar-refractivity contribution in [3.05, 3.63) is 34.3 Å². The number of nitrogens with zero attached hydrogens (tertiary/aromatic N) is 1. The fourth-order valence-corrected chi connectivity index (χ4v) is 5.05. The highest BCUT2D eigenvalue weighted by molar-refractivity contribution is 9.10. The van der Waals surface area contributed by atoms with Crippen molar-refractivity contribution in [2.45, 2.75) is 72.6 Å². The third-order valence-electron chi connectivity index (χ3n) is 6.98. The van der Waals surface area contributed by atoms with E-state index in [9.17, 15) is 20.1 Å². The van der Waals surface area contributed by atoms with E-state index in [2.05, 4.69) is 48.9 Å². The summed E-state index contributed by atoms with van der Waals surface area (Å²) in [5.74, 6) is 1.19. The maximum atomic E-state index is 13.5. The fraction of sp³-hybridized carbons (Fsp3) is 0.536. The molecule has 2 atom stereocenters. The molecule has 0 radical (unpaired) electrons. The van der Waals surface area contributed by atoms with Gasteiger partial charge in [-0.2, -0.15) is 0 Å². The zero-order valence-corrected chi connectivity index (χ0v) is 22.9. The van der Waals surface area contributed by atoms with Crippen molar-refractivity contribution in [1.29, 1.82) is 0 Å². The molecule has 0 saturated heterocycles. The summed E-state index contributed by atoms with van der Waals surface area (Å²) in [4.78, 5) is 15.1. The molecule has 1 aliphatic heterocycles. The topological polar surface area (TPSA) is 93.0 Å². The zero-order chi connectivity index (χ0) is 25.7. The Balaban J connectivity index is 1.70. The highest BCUT2D eigenvalue weighted by atomic mass is 79.9. The zero-order valence-electron chi connectivity index (χ0n) is 21.3. The molecule has 2 unspecified atom stereocenters. The summed E-state index contributed by atoms with van der Waals surface area (Å²) >= 11 is 3.20. The predicted octanol–water partition coefficient (Wildman–Crippen LogP) is 7.93. The molecule has 0 aliphatic carbocycles. The number of fused-ring (bicyclic) bond motifs is 2. The number of amides is 1. The minimum atomic E-state index is -0.283. The lowest BCUT2D eigenvalue weighted by Crippen LogP contribution is -2.32. The smallest absolute Gasteiger partial charge is 0.260 e. The van der Waals surface area contributed by atoms with E-state index in [1.165, 1.54) is 44.2 Å². The van der Waals surface area contributed by atoms with Crippen LogP contribution in [0.25, 0.3) is 0 Å². The molecular weight excluding hydrogens is 508 g/mol. The summed E-state index contributed by atoms with van der Waals surface area (Å²) < 4.78 is 0.130. The van der Waals surface area contributed by atoms with Gasteiger partial charge in [0.05, 0.1) is 16.9 Å². The average molecular weight is 548 g/mol. The van der Waals surface area contributed by atoms with Crippen LogP contribution in [0.3, 0.4) is 0 Å². The summed E-state index contributed by atoms with van der Waals surface area (Å²) in [5, 5.41) is 34.5. The van der Waals surface area contributed by atoms with Gasteiger partial charge in [-0.25, -0.2) is 0 Å². The van der Waals surface area contributed by atoms with E-state index >= 15 is 0 Å². The number of hydrogen-bond acceptors (Lipinski definition) is 5. The number of carbonyl (C=O) groups is 1. The van der Waals surface area contributed by atoms with Gasteiger partial charge < -0.3 is 25.5 Å². The molecule has 35 heavy (non-hydrogen) atoms. The van der Waals surface area contributed by atoms with E-state index in [-0.39, 0.29) is 39.0 Å². The number of nitrogens with one attached hydrogen (secondary N) is 1. The molecule has 1 amide bonds. The molecule has 0 saturated carbocycles. The largest absolute Gasteiger partial charge is 0.507 e. The number of hydrogen-bond donors (Lipinski definition) is 4. The van der Waals surface area contributed by atoms with Gasteiger partial charge in [-0.05, 0) is 52.2 Å². The quantitative estimate of drug-likeness (QED) is 0.169. The lowest BCUT2D eigenvalue weighted by atomic mass is 9.92. The van der Waals surface area contributed by atoms with Crippen LogP contribution in [0.5, 0.6) is 17.2 Å². The Morgan fingerprint density at radius 1 is 0.886 bits per heavy atom. The molecule has 0 fully saturated rings. The number of halogens is 1. The van der Waals surface area contributed by atoms with Crippen LogP contribution < -0.4 is 10.2 Å². The average Bonchev–Trinajstić information content (AvgIpc) is 2.91. The minimum Gasteiger partial charge on any atom is -0.507 e. The first-order valence-electron chi connectivity index (χ1n) is 12.7. The van der Waals surface area contributed by atoms with Crippen LogP contribution in [0.2, 0.25) is 0 Å². The lowest BCUT2D eigenvalue weighted by Gasteiger charge is -2.25. The van der Waals surface area contributed by atoms with Crippen molar-refractivity contribution in [3.8, 4) is 17.2 Å². The van der Waals surface area contributed by atoms with Crippen LogP contribution in [-0.4, -0.2) is 27.8 Å². The summed E-state index contributed by atoms with van der Waals surface area (Å²) in [5.41, 5.74) is 1.22. The Bertz CT molecular complexity index is 1040. The van der Waals surface area contributed by atoms with E-state index in [4.69, 9.17) is 0 Å². The van der Waals surface area contributed by atoms with Crippen LogP contribution in [0.15, 0.2) is 28.7 Å². The number of phenols is 3. The normalized spacial score (nSPS) is 14.8. The number of para-hydroxylation sites is 1. The molecule has 1 aliphatic rings. The van der Waals surface area contributed by atoms with Gasteiger partial charge in [0.2, 0.25) is 0 Å². The summed E-state index contributed by atoms with van der Waals surface area (Å²) in [6.45, 7) is 9.54. The molecule has 3 rings (SSSR count). The Morgan fingerprint density at radius 2 is 1.51 bits per heavy atom. The molecule has 192 valence electrons. The number of rotatable bonds is 11. The fourth-order valence-electron chi connectivity index (χ4n) is 4.73. The first-order chi connectivity index (χ1) is 16.6. The SMILES string of the molecule is CC(C)CCCC(C)CCCC(C)CCN1C(=O)c2cccc(O)c2Nc2c1cc(O)c(Br)c2O. The van der Waals surface area contributed by atoms with Crippen LogP contribution in [0.4, 0.5) is 17.1 Å². The number of anilines is 3. The van der Waals surface area contributed by atoms with Gasteiger partial charge in [0.25, 0.3) is 5.91 Å². The predicted molar refractivity (Wildman–Crippen MR) is 146 cm³/mol. The third kappa shape index (κ3) is 6.63. The maximum absolute atomic E-state index is 13.5. The lowest BCUT2D eigenvalue weighted by molar-refractivity contribution is 0.0986. The number of carbonyl (C=O) groups excluding carboxylic acids is 1. The third-order valence-corrected chi connectivity index (χ3v) is 7.76. The van der Waals surface area contributed by atoms with Gasteiger partial charge in [0, 0.05) is 12.6 Å². The Kier molecular flexibility index (Phi) is 9.34. The van der Waals surface area contributed by atoms with E-state index in [1.807, 2.05) is 0 Å². The molecule has 0 aromatic heterocycles. The second kappa shape index (κ2) is 12.0.